The molecule has 92 valence electrons. The first-order chi connectivity index (χ1) is 7.98. The number of carbonyl (C=O) groups is 2. The average Bonchev–Trinajstić information content (AvgIpc) is 2.94. The normalized spacial score (nSPS) is 16.6. The molecule has 0 unspecified atom stereocenters. The van der Waals surface area contributed by atoms with Crippen molar-refractivity contribution in [2.24, 2.45) is 7.05 Å². The molecule has 1 aromatic heterocycles. The maximum absolute atomic E-state index is 12.0. The van der Waals surface area contributed by atoms with Gasteiger partial charge in [0.2, 0.25) is 0 Å². The summed E-state index contributed by atoms with van der Waals surface area (Å²) in [5.74, 6) is -1.32. The first kappa shape index (κ1) is 11.6. The Morgan fingerprint density at radius 1 is 1.59 bits per heavy atom. The highest BCUT2D eigenvalue weighted by atomic mass is 16.4. The zero-order valence-electron chi connectivity index (χ0n) is 9.86. The van der Waals surface area contributed by atoms with E-state index in [1.807, 2.05) is 6.92 Å². The van der Waals surface area contributed by atoms with Crippen LogP contribution in [0.2, 0.25) is 0 Å². The van der Waals surface area contributed by atoms with Crippen LogP contribution < -0.4 is 5.32 Å². The fraction of sp³-hybridized carbons (Fsp3) is 0.545. The smallest absolute Gasteiger partial charge is 0.329 e. The van der Waals surface area contributed by atoms with Crippen molar-refractivity contribution in [1.82, 2.24) is 15.1 Å². The molecule has 17 heavy (non-hydrogen) atoms. The van der Waals surface area contributed by atoms with Gasteiger partial charge in [-0.15, -0.1) is 0 Å². The van der Waals surface area contributed by atoms with E-state index in [-0.39, 0.29) is 5.91 Å². The van der Waals surface area contributed by atoms with Gasteiger partial charge in [-0.3, -0.25) is 9.48 Å². The van der Waals surface area contributed by atoms with E-state index in [2.05, 4.69) is 10.4 Å². The molecule has 0 radical (unpaired) electrons. The van der Waals surface area contributed by atoms with Gasteiger partial charge in [0.25, 0.3) is 5.91 Å². The molecule has 1 aliphatic carbocycles. The second-order valence-corrected chi connectivity index (χ2v) is 4.36. The van der Waals surface area contributed by atoms with Crippen molar-refractivity contribution in [3.05, 3.63) is 17.5 Å². The van der Waals surface area contributed by atoms with Gasteiger partial charge in [0, 0.05) is 13.2 Å². The fourth-order valence-corrected chi connectivity index (χ4v) is 1.79. The first-order valence-electron chi connectivity index (χ1n) is 5.57. The molecule has 2 N–H and O–H groups in total. The van der Waals surface area contributed by atoms with E-state index in [0.29, 0.717) is 30.5 Å². The van der Waals surface area contributed by atoms with Crippen LogP contribution in [0.3, 0.4) is 0 Å². The number of hydrogen-bond donors (Lipinski definition) is 2. The molecule has 1 saturated carbocycles. The van der Waals surface area contributed by atoms with Gasteiger partial charge in [0.05, 0.1) is 11.3 Å². The lowest BCUT2D eigenvalue weighted by atomic mass is 10.1. The van der Waals surface area contributed by atoms with E-state index < -0.39 is 11.5 Å². The molecular weight excluding hydrogens is 222 g/mol. The molecule has 6 heteroatoms. The molecule has 6 nitrogen and oxygen atoms in total. The molecule has 2 rings (SSSR count). The molecular formula is C11H15N3O3. The van der Waals surface area contributed by atoms with Gasteiger partial charge in [-0.05, 0) is 19.3 Å². The molecule has 0 atom stereocenters. The van der Waals surface area contributed by atoms with E-state index in [1.165, 1.54) is 0 Å². The zero-order valence-corrected chi connectivity index (χ0v) is 9.86. The Morgan fingerprint density at radius 2 is 2.24 bits per heavy atom. The summed E-state index contributed by atoms with van der Waals surface area (Å²) in [6, 6.07) is 0. The average molecular weight is 237 g/mol. The molecule has 1 aromatic rings. The molecule has 1 fully saturated rings. The molecule has 0 saturated heterocycles. The zero-order chi connectivity index (χ0) is 12.6. The first-order valence-corrected chi connectivity index (χ1v) is 5.57. The highest BCUT2D eigenvalue weighted by Crippen LogP contribution is 2.35. The van der Waals surface area contributed by atoms with Crippen LogP contribution in [0.15, 0.2) is 6.20 Å². The van der Waals surface area contributed by atoms with Crippen molar-refractivity contribution in [3.8, 4) is 0 Å². The highest BCUT2D eigenvalue weighted by Gasteiger charge is 2.51. The number of carboxylic acids is 1. The van der Waals surface area contributed by atoms with Gasteiger partial charge in [0.1, 0.15) is 5.54 Å². The van der Waals surface area contributed by atoms with E-state index in [4.69, 9.17) is 5.11 Å². The third-order valence-corrected chi connectivity index (χ3v) is 3.00. The Balaban J connectivity index is 2.17. The summed E-state index contributed by atoms with van der Waals surface area (Å²) in [7, 11) is 1.74. The van der Waals surface area contributed by atoms with Crippen LogP contribution in [0.4, 0.5) is 0 Å². The Morgan fingerprint density at radius 3 is 2.71 bits per heavy atom. The molecule has 1 aliphatic rings. The van der Waals surface area contributed by atoms with Crippen molar-refractivity contribution in [2.45, 2.75) is 31.7 Å². The Kier molecular flexibility index (Phi) is 2.65. The highest BCUT2D eigenvalue weighted by molar-refractivity contribution is 5.99. The molecule has 0 aliphatic heterocycles. The van der Waals surface area contributed by atoms with Gasteiger partial charge < -0.3 is 10.4 Å². The van der Waals surface area contributed by atoms with Crippen LogP contribution in [0, 0.1) is 0 Å². The number of carboxylic acid groups (broad SMARTS) is 1. The lowest BCUT2D eigenvalue weighted by Crippen LogP contribution is -2.43. The molecule has 1 heterocycles. The second-order valence-electron chi connectivity index (χ2n) is 4.36. The predicted octanol–water partition coefficient (Wildman–Crippen LogP) is 0.329. The molecule has 0 aromatic carbocycles. The summed E-state index contributed by atoms with van der Waals surface area (Å²) in [6.07, 6.45) is 3.25. The SMILES string of the molecule is CCc1nn(C)cc1C(=O)NC1(C(=O)O)CC1. The van der Waals surface area contributed by atoms with Crippen LogP contribution in [0.1, 0.15) is 35.8 Å². The van der Waals surface area contributed by atoms with Crippen LogP contribution in [-0.2, 0) is 18.3 Å². The van der Waals surface area contributed by atoms with Crippen LogP contribution in [-0.4, -0.2) is 32.3 Å². The van der Waals surface area contributed by atoms with Crippen molar-refractivity contribution in [1.29, 1.82) is 0 Å². The van der Waals surface area contributed by atoms with Gasteiger partial charge in [-0.2, -0.15) is 5.10 Å². The minimum absolute atomic E-state index is 0.352. The quantitative estimate of drug-likeness (QED) is 0.790. The van der Waals surface area contributed by atoms with E-state index in [9.17, 15) is 9.59 Å². The number of nitrogens with one attached hydrogen (secondary N) is 1. The Labute approximate surface area is 98.6 Å². The number of aryl methyl sites for hydroxylation is 2. The summed E-state index contributed by atoms with van der Waals surface area (Å²) in [6.45, 7) is 1.91. The number of amides is 1. The largest absolute Gasteiger partial charge is 0.480 e. The summed E-state index contributed by atoms with van der Waals surface area (Å²) >= 11 is 0. The summed E-state index contributed by atoms with van der Waals surface area (Å²) in [5.41, 5.74) is 0.103. The number of rotatable bonds is 4. The lowest BCUT2D eigenvalue weighted by Gasteiger charge is -2.11. The Bertz CT molecular complexity index is 474. The third kappa shape index (κ3) is 2.02. The molecule has 0 spiro atoms. The van der Waals surface area contributed by atoms with Gasteiger partial charge >= 0.3 is 5.97 Å². The molecule has 1 amide bonds. The van der Waals surface area contributed by atoms with Crippen molar-refractivity contribution in [3.63, 3.8) is 0 Å². The maximum Gasteiger partial charge on any atom is 0.329 e. The molecule has 0 bridgehead atoms. The topological polar surface area (TPSA) is 84.2 Å². The minimum atomic E-state index is -1.04. The van der Waals surface area contributed by atoms with Gasteiger partial charge in [-0.25, -0.2) is 4.79 Å². The minimum Gasteiger partial charge on any atom is -0.480 e. The van der Waals surface area contributed by atoms with Gasteiger partial charge in [-0.1, -0.05) is 6.92 Å². The number of carbonyl (C=O) groups excluding carboxylic acids is 1. The summed E-state index contributed by atoms with van der Waals surface area (Å²) in [5, 5.41) is 15.7. The van der Waals surface area contributed by atoms with E-state index in [0.717, 1.165) is 0 Å². The number of nitrogens with zero attached hydrogens (tertiary/aromatic N) is 2. The van der Waals surface area contributed by atoms with E-state index in [1.54, 1.807) is 17.9 Å². The van der Waals surface area contributed by atoms with Crippen LogP contribution in [0.25, 0.3) is 0 Å². The predicted molar refractivity (Wildman–Crippen MR) is 59.7 cm³/mol. The lowest BCUT2D eigenvalue weighted by molar-refractivity contribution is -0.140. The number of aromatic nitrogens is 2. The monoisotopic (exact) mass is 237 g/mol. The van der Waals surface area contributed by atoms with Gasteiger partial charge in [0.15, 0.2) is 0 Å². The second kappa shape index (κ2) is 3.87. The third-order valence-electron chi connectivity index (χ3n) is 3.00. The number of hydrogen-bond acceptors (Lipinski definition) is 3. The van der Waals surface area contributed by atoms with Crippen molar-refractivity contribution >= 4 is 11.9 Å². The summed E-state index contributed by atoms with van der Waals surface area (Å²) in [4.78, 5) is 22.9. The van der Waals surface area contributed by atoms with Crippen LogP contribution in [0.5, 0.6) is 0 Å². The number of aliphatic carboxylic acids is 1. The fourth-order valence-electron chi connectivity index (χ4n) is 1.79. The summed E-state index contributed by atoms with van der Waals surface area (Å²) < 4.78 is 1.56. The Hall–Kier alpha value is -1.85. The van der Waals surface area contributed by atoms with Crippen molar-refractivity contribution < 1.29 is 14.7 Å². The van der Waals surface area contributed by atoms with Crippen molar-refractivity contribution in [2.75, 3.05) is 0 Å². The van der Waals surface area contributed by atoms with Crippen LogP contribution >= 0.6 is 0 Å². The standard InChI is InChI=1S/C11H15N3O3/c1-3-8-7(6-14(2)13-8)9(15)12-11(4-5-11)10(16)17/h6H,3-5H2,1-2H3,(H,12,15)(H,16,17). The van der Waals surface area contributed by atoms with E-state index >= 15 is 0 Å². The maximum atomic E-state index is 12.0.